The average molecular weight is 356 g/mol. The fraction of sp³-hybridized carbons (Fsp3) is 0.0714. The van der Waals surface area contributed by atoms with Crippen molar-refractivity contribution in [2.45, 2.75) is 6.54 Å². The van der Waals surface area contributed by atoms with Gasteiger partial charge in [-0.25, -0.2) is 14.1 Å². The van der Waals surface area contributed by atoms with Gasteiger partial charge in [-0.3, -0.25) is 4.79 Å². The second kappa shape index (κ2) is 6.16. The van der Waals surface area contributed by atoms with Crippen LogP contribution in [0.25, 0.3) is 10.6 Å². The van der Waals surface area contributed by atoms with Crippen molar-refractivity contribution < 1.29 is 4.39 Å². The van der Waals surface area contributed by atoms with E-state index in [1.54, 1.807) is 12.1 Å². The zero-order valence-electron chi connectivity index (χ0n) is 11.0. The highest BCUT2D eigenvalue weighted by Crippen LogP contribution is 2.24. The lowest BCUT2D eigenvalue weighted by Crippen LogP contribution is -2.23. The smallest absolute Gasteiger partial charge is 0.266 e. The summed E-state index contributed by atoms with van der Waals surface area (Å²) in [5, 5.41) is 6.54. The predicted octanol–water partition coefficient (Wildman–Crippen LogP) is 3.86. The second-order valence-corrected chi connectivity index (χ2v) is 6.06. The Bertz CT molecular complexity index is 877. The van der Waals surface area contributed by atoms with Crippen LogP contribution in [0.2, 0.25) is 10.0 Å². The van der Waals surface area contributed by atoms with Crippen molar-refractivity contribution >= 4 is 34.5 Å². The Kier molecular flexibility index (Phi) is 4.24. The van der Waals surface area contributed by atoms with Crippen LogP contribution in [0.5, 0.6) is 0 Å². The van der Waals surface area contributed by atoms with Gasteiger partial charge < -0.3 is 0 Å². The summed E-state index contributed by atoms with van der Waals surface area (Å²) < 4.78 is 14.1. The Balaban J connectivity index is 1.87. The molecule has 2 aromatic heterocycles. The van der Waals surface area contributed by atoms with Gasteiger partial charge in [0.2, 0.25) is 0 Å². The number of benzene rings is 1. The van der Waals surface area contributed by atoms with Crippen LogP contribution in [0.1, 0.15) is 5.69 Å². The first-order chi connectivity index (χ1) is 10.5. The quantitative estimate of drug-likeness (QED) is 0.716. The fourth-order valence-electron chi connectivity index (χ4n) is 1.82. The SMILES string of the molecule is O=c1c(Cl)c(Cl)cnn1Cc1csc(-c2ccc(F)cc2)n1. The molecule has 0 saturated heterocycles. The summed E-state index contributed by atoms with van der Waals surface area (Å²) in [7, 11) is 0. The standard InChI is InChI=1S/C14H8Cl2FN3OS/c15-11-5-18-20(14(21)12(11)16)6-10-7-22-13(19-10)8-1-3-9(17)4-2-8/h1-5,7H,6H2. The lowest BCUT2D eigenvalue weighted by Gasteiger charge is -2.03. The summed E-state index contributed by atoms with van der Waals surface area (Å²) in [6.07, 6.45) is 1.32. The van der Waals surface area contributed by atoms with Crippen LogP contribution >= 0.6 is 34.5 Å². The average Bonchev–Trinajstić information content (AvgIpc) is 2.97. The Labute approximate surface area is 138 Å². The molecule has 112 valence electrons. The van der Waals surface area contributed by atoms with Crippen LogP contribution < -0.4 is 5.56 Å². The number of rotatable bonds is 3. The molecule has 4 nitrogen and oxygen atoms in total. The van der Waals surface area contributed by atoms with Crippen molar-refractivity contribution in [2.75, 3.05) is 0 Å². The van der Waals surface area contributed by atoms with Gasteiger partial charge in [-0.1, -0.05) is 23.2 Å². The van der Waals surface area contributed by atoms with Gasteiger partial charge in [0.15, 0.2) is 0 Å². The molecule has 0 bridgehead atoms. The molecule has 0 radical (unpaired) electrons. The highest BCUT2D eigenvalue weighted by atomic mass is 35.5. The van der Waals surface area contributed by atoms with Gasteiger partial charge in [0.25, 0.3) is 5.56 Å². The molecule has 2 heterocycles. The zero-order valence-corrected chi connectivity index (χ0v) is 13.3. The minimum Gasteiger partial charge on any atom is -0.266 e. The summed E-state index contributed by atoms with van der Waals surface area (Å²) in [4.78, 5) is 16.3. The van der Waals surface area contributed by atoms with Crippen molar-refractivity contribution in [3.05, 3.63) is 67.8 Å². The van der Waals surface area contributed by atoms with E-state index in [1.165, 1.54) is 34.3 Å². The van der Waals surface area contributed by atoms with Crippen LogP contribution in [0.4, 0.5) is 4.39 Å². The topological polar surface area (TPSA) is 47.8 Å². The van der Waals surface area contributed by atoms with Gasteiger partial charge in [-0.15, -0.1) is 11.3 Å². The van der Waals surface area contributed by atoms with Gasteiger partial charge in [0, 0.05) is 10.9 Å². The highest BCUT2D eigenvalue weighted by Gasteiger charge is 2.10. The number of nitrogens with zero attached hydrogens (tertiary/aromatic N) is 3. The monoisotopic (exact) mass is 355 g/mol. The Hall–Kier alpha value is -1.76. The van der Waals surface area contributed by atoms with E-state index < -0.39 is 5.56 Å². The van der Waals surface area contributed by atoms with Gasteiger partial charge in [-0.05, 0) is 24.3 Å². The molecule has 1 aromatic carbocycles. The molecular formula is C14H8Cl2FN3OS. The number of thiazole rings is 1. The predicted molar refractivity (Wildman–Crippen MR) is 85.1 cm³/mol. The van der Waals surface area contributed by atoms with Crippen LogP contribution in [0, 0.1) is 5.82 Å². The summed E-state index contributed by atoms with van der Waals surface area (Å²) in [5.41, 5.74) is 1.01. The minimum absolute atomic E-state index is 0.0642. The maximum absolute atomic E-state index is 12.9. The van der Waals surface area contributed by atoms with E-state index in [0.29, 0.717) is 5.69 Å². The molecule has 3 rings (SSSR count). The van der Waals surface area contributed by atoms with Crippen LogP contribution in [-0.2, 0) is 6.54 Å². The summed E-state index contributed by atoms with van der Waals surface area (Å²) in [6.45, 7) is 0.188. The van der Waals surface area contributed by atoms with Gasteiger partial charge in [0.1, 0.15) is 15.8 Å². The first-order valence-electron chi connectivity index (χ1n) is 6.16. The van der Waals surface area contributed by atoms with E-state index in [-0.39, 0.29) is 22.4 Å². The van der Waals surface area contributed by atoms with Gasteiger partial charge in [0.05, 0.1) is 23.5 Å². The summed E-state index contributed by atoms with van der Waals surface area (Å²) in [6, 6.07) is 6.06. The van der Waals surface area contributed by atoms with E-state index in [4.69, 9.17) is 23.2 Å². The minimum atomic E-state index is -0.467. The number of hydrogen-bond acceptors (Lipinski definition) is 4. The molecule has 0 aliphatic heterocycles. The van der Waals surface area contributed by atoms with E-state index in [9.17, 15) is 9.18 Å². The molecule has 0 atom stereocenters. The number of halogens is 3. The number of aromatic nitrogens is 3. The molecule has 0 saturated carbocycles. The third kappa shape index (κ3) is 3.04. The highest BCUT2D eigenvalue weighted by molar-refractivity contribution is 7.13. The molecule has 0 aliphatic rings. The third-order valence-electron chi connectivity index (χ3n) is 2.90. The number of hydrogen-bond donors (Lipinski definition) is 0. The summed E-state index contributed by atoms with van der Waals surface area (Å²) in [5.74, 6) is -0.299. The maximum Gasteiger partial charge on any atom is 0.287 e. The molecule has 0 amide bonds. The molecule has 0 N–H and O–H groups in total. The van der Waals surface area contributed by atoms with Crippen molar-refractivity contribution in [3.8, 4) is 10.6 Å². The van der Waals surface area contributed by atoms with Crippen molar-refractivity contribution in [3.63, 3.8) is 0 Å². The summed E-state index contributed by atoms with van der Waals surface area (Å²) >= 11 is 12.9. The normalized spacial score (nSPS) is 10.9. The van der Waals surface area contributed by atoms with Crippen molar-refractivity contribution in [1.29, 1.82) is 0 Å². The fourth-order valence-corrected chi connectivity index (χ4v) is 2.90. The van der Waals surface area contributed by atoms with Crippen LogP contribution in [0.15, 0.2) is 40.6 Å². The first kappa shape index (κ1) is 15.1. The third-order valence-corrected chi connectivity index (χ3v) is 4.59. The zero-order chi connectivity index (χ0) is 15.7. The van der Waals surface area contributed by atoms with Crippen molar-refractivity contribution in [2.24, 2.45) is 0 Å². The first-order valence-corrected chi connectivity index (χ1v) is 7.79. The Morgan fingerprint density at radius 2 is 1.95 bits per heavy atom. The van der Waals surface area contributed by atoms with Gasteiger partial charge in [-0.2, -0.15) is 5.10 Å². The molecule has 22 heavy (non-hydrogen) atoms. The van der Waals surface area contributed by atoms with E-state index in [1.807, 2.05) is 5.38 Å². The van der Waals surface area contributed by atoms with Crippen LogP contribution in [-0.4, -0.2) is 14.8 Å². The lowest BCUT2D eigenvalue weighted by molar-refractivity contribution is 0.628. The van der Waals surface area contributed by atoms with E-state index >= 15 is 0 Å². The molecule has 3 aromatic rings. The van der Waals surface area contributed by atoms with Gasteiger partial charge >= 0.3 is 0 Å². The maximum atomic E-state index is 12.9. The van der Waals surface area contributed by atoms with Crippen LogP contribution in [0.3, 0.4) is 0 Å². The molecule has 0 aliphatic carbocycles. The largest absolute Gasteiger partial charge is 0.287 e. The molecule has 0 spiro atoms. The van der Waals surface area contributed by atoms with E-state index in [2.05, 4.69) is 10.1 Å². The Morgan fingerprint density at radius 1 is 1.23 bits per heavy atom. The van der Waals surface area contributed by atoms with E-state index in [0.717, 1.165) is 10.6 Å². The Morgan fingerprint density at radius 3 is 2.68 bits per heavy atom. The molecule has 8 heteroatoms. The lowest BCUT2D eigenvalue weighted by atomic mass is 10.2. The molecule has 0 unspecified atom stereocenters. The van der Waals surface area contributed by atoms with Crippen molar-refractivity contribution in [1.82, 2.24) is 14.8 Å². The molecule has 0 fully saturated rings. The molecular weight excluding hydrogens is 348 g/mol. The second-order valence-electron chi connectivity index (χ2n) is 4.42.